The molecular formula is C13H8N2O4S. The Morgan fingerprint density at radius 3 is 2.80 bits per heavy atom. The van der Waals surface area contributed by atoms with Gasteiger partial charge in [0.25, 0.3) is 0 Å². The molecule has 0 amide bonds. The summed E-state index contributed by atoms with van der Waals surface area (Å²) in [5.41, 5.74) is 1.31. The van der Waals surface area contributed by atoms with Crippen molar-refractivity contribution in [1.82, 2.24) is 4.98 Å². The highest BCUT2D eigenvalue weighted by molar-refractivity contribution is 7.17. The second-order valence-electron chi connectivity index (χ2n) is 4.07. The predicted octanol–water partition coefficient (Wildman–Crippen LogP) is 3.22. The van der Waals surface area contributed by atoms with Crippen LogP contribution in [0.25, 0.3) is 11.1 Å². The third-order valence-electron chi connectivity index (χ3n) is 2.70. The minimum Gasteiger partial charge on any atom is -0.440 e. The molecule has 100 valence electrons. The van der Waals surface area contributed by atoms with Crippen molar-refractivity contribution < 1.29 is 14.1 Å². The van der Waals surface area contributed by atoms with Gasteiger partial charge >= 0.3 is 5.00 Å². The van der Waals surface area contributed by atoms with Crippen molar-refractivity contribution in [2.75, 3.05) is 0 Å². The van der Waals surface area contributed by atoms with Gasteiger partial charge < -0.3 is 4.42 Å². The fraction of sp³-hybridized carbons (Fsp3) is 0.0769. The molecule has 3 rings (SSSR count). The molecule has 0 N–H and O–H groups in total. The van der Waals surface area contributed by atoms with E-state index < -0.39 is 4.92 Å². The molecule has 0 aliphatic rings. The molecule has 7 heteroatoms. The van der Waals surface area contributed by atoms with E-state index in [4.69, 9.17) is 4.42 Å². The van der Waals surface area contributed by atoms with E-state index >= 15 is 0 Å². The number of nitrogens with zero attached hydrogens (tertiary/aromatic N) is 2. The van der Waals surface area contributed by atoms with Gasteiger partial charge in [0.15, 0.2) is 11.4 Å². The number of carbonyl (C=O) groups excluding carboxylic acids is 1. The van der Waals surface area contributed by atoms with Crippen molar-refractivity contribution >= 4 is 33.2 Å². The molecule has 2 heterocycles. The van der Waals surface area contributed by atoms with Crippen molar-refractivity contribution in [3.05, 3.63) is 57.3 Å². The first-order valence-corrected chi connectivity index (χ1v) is 6.57. The Morgan fingerprint density at radius 2 is 2.10 bits per heavy atom. The van der Waals surface area contributed by atoms with Crippen molar-refractivity contribution in [2.24, 2.45) is 0 Å². The molecule has 0 aliphatic carbocycles. The molecule has 0 fully saturated rings. The van der Waals surface area contributed by atoms with Gasteiger partial charge in [0.1, 0.15) is 5.52 Å². The summed E-state index contributed by atoms with van der Waals surface area (Å²) >= 11 is 0.857. The maximum absolute atomic E-state index is 12.0. The molecule has 6 nitrogen and oxygen atoms in total. The van der Waals surface area contributed by atoms with Gasteiger partial charge in [0.05, 0.1) is 16.2 Å². The summed E-state index contributed by atoms with van der Waals surface area (Å²) in [6.45, 7) is 0. The van der Waals surface area contributed by atoms with E-state index in [1.807, 2.05) is 12.1 Å². The van der Waals surface area contributed by atoms with Gasteiger partial charge in [0, 0.05) is 6.07 Å². The van der Waals surface area contributed by atoms with E-state index in [-0.39, 0.29) is 17.2 Å². The summed E-state index contributed by atoms with van der Waals surface area (Å²) in [6.07, 6.45) is -0.00759. The summed E-state index contributed by atoms with van der Waals surface area (Å²) < 4.78 is 5.45. The Morgan fingerprint density at radius 1 is 1.30 bits per heavy atom. The number of benzene rings is 1. The van der Waals surface area contributed by atoms with Crippen LogP contribution < -0.4 is 0 Å². The molecule has 0 radical (unpaired) electrons. The molecule has 2 aromatic heterocycles. The first-order valence-electron chi connectivity index (χ1n) is 5.75. The molecule has 0 atom stereocenters. The predicted molar refractivity (Wildman–Crippen MR) is 73.0 cm³/mol. The average Bonchev–Trinajstić information content (AvgIpc) is 3.04. The van der Waals surface area contributed by atoms with Crippen LogP contribution in [0.5, 0.6) is 0 Å². The summed E-state index contributed by atoms with van der Waals surface area (Å²) in [7, 11) is 0. The standard InChI is InChI=1S/C13H8N2O4S/c16-9(11-5-6-13(20-11)15(17)18)7-12-14-8-3-1-2-4-10(8)19-12/h1-6H,7H2. The number of rotatable bonds is 4. The molecule has 1 aromatic carbocycles. The number of oxazole rings is 1. The SMILES string of the molecule is O=C(Cc1nc2ccccc2o1)c1ccc([N+](=O)[O-])s1. The first kappa shape index (κ1) is 12.5. The second kappa shape index (κ2) is 4.86. The number of hydrogen-bond acceptors (Lipinski definition) is 6. The highest BCUT2D eigenvalue weighted by Gasteiger charge is 2.17. The largest absolute Gasteiger partial charge is 0.440 e. The van der Waals surface area contributed by atoms with Crippen LogP contribution in [0.2, 0.25) is 0 Å². The quantitative estimate of drug-likeness (QED) is 0.418. The third-order valence-corrected chi connectivity index (χ3v) is 3.77. The molecule has 0 saturated heterocycles. The molecule has 0 unspecified atom stereocenters. The fourth-order valence-corrected chi connectivity index (χ4v) is 2.55. The molecule has 3 aromatic rings. The van der Waals surface area contributed by atoms with Crippen LogP contribution >= 0.6 is 11.3 Å². The smallest absolute Gasteiger partial charge is 0.324 e. The van der Waals surface area contributed by atoms with Crippen molar-refractivity contribution in [3.63, 3.8) is 0 Å². The maximum Gasteiger partial charge on any atom is 0.324 e. The summed E-state index contributed by atoms with van der Waals surface area (Å²) in [4.78, 5) is 26.6. The maximum atomic E-state index is 12.0. The van der Waals surface area contributed by atoms with Gasteiger partial charge in [-0.2, -0.15) is 0 Å². The summed E-state index contributed by atoms with van der Waals surface area (Å²) in [5.74, 6) is 0.0712. The topological polar surface area (TPSA) is 86.2 Å². The van der Waals surface area contributed by atoms with Crippen molar-refractivity contribution in [3.8, 4) is 0 Å². The number of aromatic nitrogens is 1. The van der Waals surface area contributed by atoms with Crippen LogP contribution in [0.1, 0.15) is 15.6 Å². The Balaban J connectivity index is 1.82. The molecule has 0 spiro atoms. The van der Waals surface area contributed by atoms with Crippen molar-refractivity contribution in [1.29, 1.82) is 0 Å². The third kappa shape index (κ3) is 2.30. The number of carbonyl (C=O) groups is 1. The lowest BCUT2D eigenvalue weighted by atomic mass is 10.2. The van der Waals surface area contributed by atoms with Crippen LogP contribution in [0.4, 0.5) is 5.00 Å². The Labute approximate surface area is 116 Å². The number of Topliss-reactive ketones (excluding diaryl/α,β-unsaturated/α-hetero) is 1. The number of nitro groups is 1. The lowest BCUT2D eigenvalue weighted by Gasteiger charge is -1.92. The first-order chi connectivity index (χ1) is 9.63. The molecule has 20 heavy (non-hydrogen) atoms. The Kier molecular flexibility index (Phi) is 3.03. The normalized spacial score (nSPS) is 10.8. The lowest BCUT2D eigenvalue weighted by Crippen LogP contribution is -2.01. The Bertz CT molecular complexity index is 772. The van der Waals surface area contributed by atoms with Crippen LogP contribution in [0.3, 0.4) is 0 Å². The zero-order valence-corrected chi connectivity index (χ0v) is 10.9. The molecule has 0 saturated carbocycles. The van der Waals surface area contributed by atoms with Crippen molar-refractivity contribution in [2.45, 2.75) is 6.42 Å². The van der Waals surface area contributed by atoms with Crippen LogP contribution in [-0.4, -0.2) is 15.7 Å². The average molecular weight is 288 g/mol. The number of hydrogen-bond donors (Lipinski definition) is 0. The van der Waals surface area contributed by atoms with Gasteiger partial charge in [-0.1, -0.05) is 23.5 Å². The van der Waals surface area contributed by atoms with Crippen LogP contribution in [-0.2, 0) is 6.42 Å². The highest BCUT2D eigenvalue weighted by Crippen LogP contribution is 2.25. The molecule has 0 bridgehead atoms. The van der Waals surface area contributed by atoms with Gasteiger partial charge in [0.2, 0.25) is 5.89 Å². The second-order valence-corrected chi connectivity index (χ2v) is 5.13. The van der Waals surface area contributed by atoms with E-state index in [2.05, 4.69) is 4.98 Å². The molecular weight excluding hydrogens is 280 g/mol. The minimum absolute atomic E-state index is 0.00759. The highest BCUT2D eigenvalue weighted by atomic mass is 32.1. The van der Waals surface area contributed by atoms with E-state index in [1.54, 1.807) is 12.1 Å². The number of ketones is 1. The number of para-hydroxylation sites is 2. The Hall–Kier alpha value is -2.54. The fourth-order valence-electron chi connectivity index (χ4n) is 1.80. The van der Waals surface area contributed by atoms with Crippen LogP contribution in [0, 0.1) is 10.1 Å². The number of fused-ring (bicyclic) bond motifs is 1. The summed E-state index contributed by atoms with van der Waals surface area (Å²) in [5, 5.41) is 10.5. The van der Waals surface area contributed by atoms with E-state index in [0.29, 0.717) is 21.9 Å². The van der Waals surface area contributed by atoms with E-state index in [1.165, 1.54) is 12.1 Å². The van der Waals surface area contributed by atoms with Gasteiger partial charge in [-0.05, 0) is 18.2 Å². The van der Waals surface area contributed by atoms with Gasteiger partial charge in [-0.25, -0.2) is 4.98 Å². The van der Waals surface area contributed by atoms with E-state index in [0.717, 1.165) is 11.3 Å². The van der Waals surface area contributed by atoms with Gasteiger partial charge in [-0.15, -0.1) is 0 Å². The molecule has 0 aliphatic heterocycles. The monoisotopic (exact) mass is 288 g/mol. The number of thiophene rings is 1. The lowest BCUT2D eigenvalue weighted by molar-refractivity contribution is -0.380. The van der Waals surface area contributed by atoms with Crippen LogP contribution in [0.15, 0.2) is 40.8 Å². The zero-order valence-electron chi connectivity index (χ0n) is 10.1. The van der Waals surface area contributed by atoms with E-state index in [9.17, 15) is 14.9 Å². The van der Waals surface area contributed by atoms with Gasteiger partial charge in [-0.3, -0.25) is 14.9 Å². The minimum atomic E-state index is -0.513. The zero-order chi connectivity index (χ0) is 14.1. The summed E-state index contributed by atoms with van der Waals surface area (Å²) in [6, 6.07) is 9.99.